The van der Waals surface area contributed by atoms with Crippen LogP contribution in [-0.2, 0) is 4.79 Å². The van der Waals surface area contributed by atoms with E-state index in [2.05, 4.69) is 14.9 Å². The Morgan fingerprint density at radius 2 is 1.86 bits per heavy atom. The number of aromatic nitrogens is 2. The molecule has 1 aromatic rings. The average molecular weight is 304 g/mol. The normalized spacial score (nSPS) is 16.7. The SMILES string of the molecule is Cc1cnc(C)c(N2CCC(N(C)C(=O)C(C)(C)C)CC2)n1. The van der Waals surface area contributed by atoms with Crippen LogP contribution in [-0.4, -0.2) is 47.0 Å². The van der Waals surface area contributed by atoms with Gasteiger partial charge in [-0.1, -0.05) is 20.8 Å². The van der Waals surface area contributed by atoms with Crippen LogP contribution in [0.4, 0.5) is 5.82 Å². The number of piperidine rings is 1. The quantitative estimate of drug-likeness (QED) is 0.842. The molecule has 122 valence electrons. The molecule has 0 aliphatic carbocycles. The Kier molecular flexibility index (Phi) is 4.73. The van der Waals surface area contributed by atoms with Crippen LogP contribution in [0.25, 0.3) is 0 Å². The highest BCUT2D eigenvalue weighted by Gasteiger charge is 2.31. The van der Waals surface area contributed by atoms with Gasteiger partial charge in [0, 0.05) is 37.8 Å². The molecule has 0 saturated carbocycles. The maximum atomic E-state index is 12.4. The molecule has 1 aliphatic heterocycles. The Bertz CT molecular complexity index is 542. The van der Waals surface area contributed by atoms with Gasteiger partial charge in [-0.2, -0.15) is 0 Å². The Labute approximate surface area is 133 Å². The first-order chi connectivity index (χ1) is 10.2. The number of amides is 1. The van der Waals surface area contributed by atoms with E-state index in [0.717, 1.165) is 43.1 Å². The first-order valence-corrected chi connectivity index (χ1v) is 8.02. The summed E-state index contributed by atoms with van der Waals surface area (Å²) in [6, 6.07) is 0.320. The summed E-state index contributed by atoms with van der Waals surface area (Å²) in [6.45, 7) is 11.8. The Morgan fingerprint density at radius 1 is 1.27 bits per heavy atom. The zero-order valence-corrected chi connectivity index (χ0v) is 14.7. The second-order valence-electron chi connectivity index (χ2n) is 7.30. The number of hydrogen-bond donors (Lipinski definition) is 0. The number of carbonyl (C=O) groups excluding carboxylic acids is 1. The molecule has 1 aromatic heterocycles. The number of hydrogen-bond acceptors (Lipinski definition) is 4. The van der Waals surface area contributed by atoms with E-state index >= 15 is 0 Å². The van der Waals surface area contributed by atoms with E-state index < -0.39 is 0 Å². The van der Waals surface area contributed by atoms with E-state index in [0.29, 0.717) is 6.04 Å². The van der Waals surface area contributed by atoms with Crippen molar-refractivity contribution in [3.05, 3.63) is 17.6 Å². The molecule has 0 aromatic carbocycles. The van der Waals surface area contributed by atoms with Gasteiger partial charge in [0.05, 0.1) is 11.4 Å². The van der Waals surface area contributed by atoms with Crippen LogP contribution in [0.3, 0.4) is 0 Å². The van der Waals surface area contributed by atoms with Crippen molar-refractivity contribution in [2.75, 3.05) is 25.0 Å². The summed E-state index contributed by atoms with van der Waals surface area (Å²) in [5.74, 6) is 1.21. The summed E-state index contributed by atoms with van der Waals surface area (Å²) in [5.41, 5.74) is 1.61. The molecule has 22 heavy (non-hydrogen) atoms. The highest BCUT2D eigenvalue weighted by atomic mass is 16.2. The van der Waals surface area contributed by atoms with Gasteiger partial charge in [0.2, 0.25) is 5.91 Å². The lowest BCUT2D eigenvalue weighted by atomic mass is 9.92. The number of anilines is 1. The van der Waals surface area contributed by atoms with E-state index in [1.54, 1.807) is 6.20 Å². The minimum absolute atomic E-state index is 0.220. The van der Waals surface area contributed by atoms with Crippen molar-refractivity contribution in [2.45, 2.75) is 53.5 Å². The highest BCUT2D eigenvalue weighted by Crippen LogP contribution is 2.25. The Morgan fingerprint density at radius 3 is 2.41 bits per heavy atom. The van der Waals surface area contributed by atoms with Gasteiger partial charge in [-0.3, -0.25) is 9.78 Å². The van der Waals surface area contributed by atoms with E-state index in [1.807, 2.05) is 46.6 Å². The van der Waals surface area contributed by atoms with Gasteiger partial charge in [0.25, 0.3) is 0 Å². The van der Waals surface area contributed by atoms with Crippen molar-refractivity contribution in [1.29, 1.82) is 0 Å². The third kappa shape index (κ3) is 3.57. The lowest BCUT2D eigenvalue weighted by Gasteiger charge is -2.39. The van der Waals surface area contributed by atoms with Crippen molar-refractivity contribution in [3.63, 3.8) is 0 Å². The van der Waals surface area contributed by atoms with Crippen LogP contribution in [0.15, 0.2) is 6.20 Å². The lowest BCUT2D eigenvalue weighted by Crippen LogP contribution is -2.49. The largest absolute Gasteiger partial charge is 0.355 e. The minimum atomic E-state index is -0.315. The van der Waals surface area contributed by atoms with Crippen LogP contribution in [0.5, 0.6) is 0 Å². The van der Waals surface area contributed by atoms with Gasteiger partial charge in [0.1, 0.15) is 5.82 Å². The van der Waals surface area contributed by atoms with Gasteiger partial charge in [-0.05, 0) is 26.7 Å². The highest BCUT2D eigenvalue weighted by molar-refractivity contribution is 5.81. The smallest absolute Gasteiger partial charge is 0.227 e. The zero-order valence-electron chi connectivity index (χ0n) is 14.7. The number of nitrogens with zero attached hydrogens (tertiary/aromatic N) is 4. The van der Waals surface area contributed by atoms with E-state index in [-0.39, 0.29) is 11.3 Å². The summed E-state index contributed by atoms with van der Waals surface area (Å²) < 4.78 is 0. The van der Waals surface area contributed by atoms with Crippen LogP contribution >= 0.6 is 0 Å². The molecule has 0 atom stereocenters. The molecule has 1 aliphatic rings. The Hall–Kier alpha value is -1.65. The fourth-order valence-electron chi connectivity index (χ4n) is 2.98. The van der Waals surface area contributed by atoms with Crippen molar-refractivity contribution in [1.82, 2.24) is 14.9 Å². The van der Waals surface area contributed by atoms with Crippen molar-refractivity contribution in [2.24, 2.45) is 5.41 Å². The molecule has 2 rings (SSSR count). The van der Waals surface area contributed by atoms with Gasteiger partial charge in [0.15, 0.2) is 0 Å². The second kappa shape index (κ2) is 6.23. The molecular weight excluding hydrogens is 276 g/mol. The topological polar surface area (TPSA) is 49.3 Å². The molecule has 1 fully saturated rings. The molecule has 1 amide bonds. The molecule has 1 saturated heterocycles. The maximum absolute atomic E-state index is 12.4. The van der Waals surface area contributed by atoms with Crippen LogP contribution in [0, 0.1) is 19.3 Å². The van der Waals surface area contributed by atoms with Crippen molar-refractivity contribution < 1.29 is 4.79 Å². The van der Waals surface area contributed by atoms with Crippen LogP contribution < -0.4 is 4.90 Å². The van der Waals surface area contributed by atoms with Gasteiger partial charge < -0.3 is 9.80 Å². The maximum Gasteiger partial charge on any atom is 0.227 e. The average Bonchev–Trinajstić information content (AvgIpc) is 2.47. The minimum Gasteiger partial charge on any atom is -0.355 e. The molecule has 0 unspecified atom stereocenters. The van der Waals surface area contributed by atoms with Gasteiger partial charge in [-0.25, -0.2) is 4.98 Å². The predicted octanol–water partition coefficient (Wildman–Crippen LogP) is 2.57. The second-order valence-corrected chi connectivity index (χ2v) is 7.30. The monoisotopic (exact) mass is 304 g/mol. The van der Waals surface area contributed by atoms with Crippen molar-refractivity contribution >= 4 is 11.7 Å². The fraction of sp³-hybridized carbons (Fsp3) is 0.706. The zero-order chi connectivity index (χ0) is 16.5. The van der Waals surface area contributed by atoms with Crippen LogP contribution in [0.1, 0.15) is 45.0 Å². The van der Waals surface area contributed by atoms with Crippen LogP contribution in [0.2, 0.25) is 0 Å². The Balaban J connectivity index is 2.01. The third-order valence-electron chi connectivity index (χ3n) is 4.32. The molecule has 5 heteroatoms. The first kappa shape index (κ1) is 16.7. The summed E-state index contributed by atoms with van der Waals surface area (Å²) in [6.07, 6.45) is 3.77. The van der Waals surface area contributed by atoms with E-state index in [4.69, 9.17) is 0 Å². The first-order valence-electron chi connectivity index (χ1n) is 8.02. The molecular formula is C17H28N4O. The molecule has 5 nitrogen and oxygen atoms in total. The number of rotatable bonds is 2. The fourth-order valence-corrected chi connectivity index (χ4v) is 2.98. The van der Waals surface area contributed by atoms with Crippen molar-refractivity contribution in [3.8, 4) is 0 Å². The molecule has 0 bridgehead atoms. The van der Waals surface area contributed by atoms with E-state index in [9.17, 15) is 4.79 Å². The number of aryl methyl sites for hydroxylation is 2. The molecule has 0 N–H and O–H groups in total. The summed E-state index contributed by atoms with van der Waals surface area (Å²) in [5, 5.41) is 0. The standard InChI is InChI=1S/C17H28N4O/c1-12-11-18-13(2)15(19-12)21-9-7-14(8-10-21)20(6)16(22)17(3,4)5/h11,14H,7-10H2,1-6H3. The number of carbonyl (C=O) groups is 1. The summed E-state index contributed by atoms with van der Waals surface area (Å²) in [4.78, 5) is 25.7. The van der Waals surface area contributed by atoms with Gasteiger partial charge >= 0.3 is 0 Å². The lowest BCUT2D eigenvalue weighted by molar-refractivity contribution is -0.140. The molecule has 0 spiro atoms. The summed E-state index contributed by atoms with van der Waals surface area (Å²) >= 11 is 0. The summed E-state index contributed by atoms with van der Waals surface area (Å²) in [7, 11) is 1.94. The molecule has 2 heterocycles. The van der Waals surface area contributed by atoms with Gasteiger partial charge in [-0.15, -0.1) is 0 Å². The third-order valence-corrected chi connectivity index (χ3v) is 4.32. The predicted molar refractivity (Wildman–Crippen MR) is 89.0 cm³/mol. The molecule has 0 radical (unpaired) electrons. The van der Waals surface area contributed by atoms with E-state index in [1.165, 1.54) is 0 Å².